The summed E-state index contributed by atoms with van der Waals surface area (Å²) in [6.07, 6.45) is 0. The van der Waals surface area contributed by atoms with Gasteiger partial charge in [0.15, 0.2) is 0 Å². The summed E-state index contributed by atoms with van der Waals surface area (Å²) in [4.78, 5) is 0. The lowest BCUT2D eigenvalue weighted by Gasteiger charge is -2.31. The van der Waals surface area contributed by atoms with Gasteiger partial charge in [0.25, 0.3) is 0 Å². The summed E-state index contributed by atoms with van der Waals surface area (Å²) in [7, 11) is 0. The highest BCUT2D eigenvalue weighted by atomic mass is 127. The molecular weight excluding hydrogens is 237 g/mol. The molecule has 0 amide bonds. The van der Waals surface area contributed by atoms with E-state index in [1.807, 2.05) is 0 Å². The Morgan fingerprint density at radius 3 is 2.40 bits per heavy atom. The maximum atomic E-state index is 3.44. The molecule has 0 radical (unpaired) electrons. The van der Waals surface area contributed by atoms with Gasteiger partial charge in [-0.1, -0.05) is 43.4 Å². The third kappa shape index (κ3) is 1.33. The zero-order valence-electron chi connectivity index (χ0n) is 6.95. The lowest BCUT2D eigenvalue weighted by molar-refractivity contribution is 0.264. The zero-order chi connectivity index (χ0) is 7.78. The smallest absolute Gasteiger partial charge is 0.0303 e. The second kappa shape index (κ2) is 2.97. The summed E-state index contributed by atoms with van der Waals surface area (Å²) < 4.78 is 0.810. The Kier molecular flexibility index (Phi) is 2.61. The molecule has 2 heteroatoms. The van der Waals surface area contributed by atoms with Crippen molar-refractivity contribution in [3.8, 4) is 0 Å². The molecule has 2 atom stereocenters. The largest absolute Gasteiger partial charge is 0.315 e. The van der Waals surface area contributed by atoms with Crippen molar-refractivity contribution in [1.29, 1.82) is 0 Å². The van der Waals surface area contributed by atoms with E-state index in [1.165, 1.54) is 13.1 Å². The highest BCUT2D eigenvalue weighted by Crippen LogP contribution is 2.37. The average molecular weight is 253 g/mol. The Morgan fingerprint density at radius 2 is 2.20 bits per heavy atom. The van der Waals surface area contributed by atoms with E-state index in [2.05, 4.69) is 48.7 Å². The average Bonchev–Trinajstić information content (AvgIpc) is 2.15. The van der Waals surface area contributed by atoms with Crippen LogP contribution in [0.5, 0.6) is 0 Å². The van der Waals surface area contributed by atoms with E-state index >= 15 is 0 Å². The molecule has 10 heavy (non-hydrogen) atoms. The summed E-state index contributed by atoms with van der Waals surface area (Å²) in [5, 5.41) is 3.44. The number of alkyl halides is 1. The second-order valence-corrected chi connectivity index (χ2v) is 5.26. The van der Waals surface area contributed by atoms with Gasteiger partial charge < -0.3 is 5.32 Å². The standard InChI is InChI=1S/C8H16IN/c1-6(2)8(3)5-10-4-7(8)9/h6-7,10H,4-5H2,1-3H3. The quantitative estimate of drug-likeness (QED) is 0.557. The van der Waals surface area contributed by atoms with Crippen LogP contribution in [0.1, 0.15) is 20.8 Å². The van der Waals surface area contributed by atoms with Crippen LogP contribution in [0.25, 0.3) is 0 Å². The zero-order valence-corrected chi connectivity index (χ0v) is 9.10. The highest BCUT2D eigenvalue weighted by Gasteiger charge is 2.39. The molecule has 0 spiro atoms. The topological polar surface area (TPSA) is 12.0 Å². The van der Waals surface area contributed by atoms with Crippen molar-refractivity contribution in [2.75, 3.05) is 13.1 Å². The molecule has 0 aliphatic carbocycles. The van der Waals surface area contributed by atoms with Crippen LogP contribution in [0.3, 0.4) is 0 Å². The van der Waals surface area contributed by atoms with Crippen molar-refractivity contribution in [1.82, 2.24) is 5.32 Å². The molecule has 1 N–H and O–H groups in total. The fourth-order valence-corrected chi connectivity index (χ4v) is 2.63. The van der Waals surface area contributed by atoms with E-state index in [9.17, 15) is 0 Å². The fraction of sp³-hybridized carbons (Fsp3) is 1.00. The Balaban J connectivity index is 2.66. The van der Waals surface area contributed by atoms with E-state index in [-0.39, 0.29) is 0 Å². The molecule has 1 aliphatic rings. The number of rotatable bonds is 1. The molecule has 1 fully saturated rings. The van der Waals surface area contributed by atoms with Crippen LogP contribution in [-0.2, 0) is 0 Å². The van der Waals surface area contributed by atoms with Crippen LogP contribution in [-0.4, -0.2) is 17.0 Å². The van der Waals surface area contributed by atoms with Crippen molar-refractivity contribution in [3.05, 3.63) is 0 Å². The van der Waals surface area contributed by atoms with Gasteiger partial charge in [-0.15, -0.1) is 0 Å². The van der Waals surface area contributed by atoms with Crippen molar-refractivity contribution in [2.45, 2.75) is 24.7 Å². The predicted octanol–water partition coefficient (Wildman–Crippen LogP) is 2.06. The van der Waals surface area contributed by atoms with Gasteiger partial charge in [-0.2, -0.15) is 0 Å². The second-order valence-electron chi connectivity index (χ2n) is 3.76. The molecule has 1 nitrogen and oxygen atoms in total. The molecule has 0 aromatic heterocycles. The molecule has 0 aromatic carbocycles. The minimum absolute atomic E-state index is 0.528. The van der Waals surface area contributed by atoms with E-state index < -0.39 is 0 Å². The molecule has 1 heterocycles. The molecular formula is C8H16IN. The van der Waals surface area contributed by atoms with Crippen LogP contribution in [0.4, 0.5) is 0 Å². The van der Waals surface area contributed by atoms with Gasteiger partial charge in [-0.3, -0.25) is 0 Å². The number of halogens is 1. The SMILES string of the molecule is CC(C)C1(C)CNCC1I. The molecule has 2 unspecified atom stereocenters. The van der Waals surface area contributed by atoms with Crippen molar-refractivity contribution >= 4 is 22.6 Å². The lowest BCUT2D eigenvalue weighted by Crippen LogP contribution is -2.32. The van der Waals surface area contributed by atoms with Crippen molar-refractivity contribution < 1.29 is 0 Å². The first-order valence-corrected chi connectivity index (χ1v) is 5.16. The summed E-state index contributed by atoms with van der Waals surface area (Å²) >= 11 is 2.56. The molecule has 60 valence electrons. The fourth-order valence-electron chi connectivity index (χ4n) is 1.38. The summed E-state index contributed by atoms with van der Waals surface area (Å²) in [6, 6.07) is 0. The first-order chi connectivity index (χ1) is 4.57. The van der Waals surface area contributed by atoms with Gasteiger partial charge in [-0.05, 0) is 11.3 Å². The maximum Gasteiger partial charge on any atom is 0.0303 e. The van der Waals surface area contributed by atoms with E-state index in [1.54, 1.807) is 0 Å². The summed E-state index contributed by atoms with van der Waals surface area (Å²) in [5.74, 6) is 0.796. The van der Waals surface area contributed by atoms with Gasteiger partial charge in [0.05, 0.1) is 0 Å². The number of nitrogens with one attached hydrogen (secondary N) is 1. The summed E-state index contributed by atoms with van der Waals surface area (Å²) in [5.41, 5.74) is 0.528. The first kappa shape index (κ1) is 8.78. The molecule has 0 aromatic rings. The van der Waals surface area contributed by atoms with Crippen LogP contribution < -0.4 is 5.32 Å². The lowest BCUT2D eigenvalue weighted by atomic mass is 9.79. The normalized spacial score (nSPS) is 41.1. The monoisotopic (exact) mass is 253 g/mol. The molecule has 1 aliphatic heterocycles. The first-order valence-electron chi connectivity index (χ1n) is 3.92. The predicted molar refractivity (Wildman–Crippen MR) is 53.6 cm³/mol. The van der Waals surface area contributed by atoms with Crippen LogP contribution in [0.2, 0.25) is 0 Å². The summed E-state index contributed by atoms with van der Waals surface area (Å²) in [6.45, 7) is 9.40. The Morgan fingerprint density at radius 1 is 1.60 bits per heavy atom. The van der Waals surface area contributed by atoms with Gasteiger partial charge in [0.2, 0.25) is 0 Å². The van der Waals surface area contributed by atoms with Gasteiger partial charge in [-0.25, -0.2) is 0 Å². The Hall–Kier alpha value is 0.690. The number of hydrogen-bond donors (Lipinski definition) is 1. The van der Waals surface area contributed by atoms with Gasteiger partial charge in [0.1, 0.15) is 0 Å². The van der Waals surface area contributed by atoms with E-state index in [4.69, 9.17) is 0 Å². The third-order valence-corrected chi connectivity index (χ3v) is 4.73. The highest BCUT2D eigenvalue weighted by molar-refractivity contribution is 14.1. The van der Waals surface area contributed by atoms with E-state index in [0.717, 1.165) is 9.84 Å². The van der Waals surface area contributed by atoms with Gasteiger partial charge >= 0.3 is 0 Å². The number of hydrogen-bond acceptors (Lipinski definition) is 1. The minimum Gasteiger partial charge on any atom is -0.315 e. The Labute approximate surface area is 77.1 Å². The maximum absolute atomic E-state index is 3.44. The van der Waals surface area contributed by atoms with Gasteiger partial charge in [0, 0.05) is 17.0 Å². The van der Waals surface area contributed by atoms with Crippen LogP contribution in [0.15, 0.2) is 0 Å². The Bertz CT molecular complexity index is 124. The molecule has 0 bridgehead atoms. The third-order valence-electron chi connectivity index (χ3n) is 2.86. The van der Waals surface area contributed by atoms with E-state index in [0.29, 0.717) is 5.41 Å². The minimum atomic E-state index is 0.528. The molecule has 1 saturated heterocycles. The van der Waals surface area contributed by atoms with Crippen molar-refractivity contribution in [2.24, 2.45) is 11.3 Å². The van der Waals surface area contributed by atoms with Crippen molar-refractivity contribution in [3.63, 3.8) is 0 Å². The molecule has 1 rings (SSSR count). The van der Waals surface area contributed by atoms with Crippen LogP contribution in [0, 0.1) is 11.3 Å². The van der Waals surface area contributed by atoms with Crippen LogP contribution >= 0.6 is 22.6 Å². The molecule has 0 saturated carbocycles.